The highest BCUT2D eigenvalue weighted by molar-refractivity contribution is 5.94. The summed E-state index contributed by atoms with van der Waals surface area (Å²) in [5.41, 5.74) is 1.27. The fraction of sp³-hybridized carbons (Fsp3) is 0.500. The van der Waals surface area contributed by atoms with Crippen LogP contribution >= 0.6 is 0 Å². The van der Waals surface area contributed by atoms with E-state index in [1.54, 1.807) is 31.4 Å². The fourth-order valence-corrected chi connectivity index (χ4v) is 2.33. The SMILES string of the molecule is CCN(C(C)COC)C(C)C(=O)Nc1ccc(C#N)cc1. The molecule has 0 bridgehead atoms. The molecule has 2 atom stereocenters. The van der Waals surface area contributed by atoms with Crippen LogP contribution in [0.2, 0.25) is 0 Å². The lowest BCUT2D eigenvalue weighted by Gasteiger charge is -2.32. The number of hydrogen-bond donors (Lipinski definition) is 1. The lowest BCUT2D eigenvalue weighted by molar-refractivity contribution is -0.121. The third kappa shape index (κ3) is 4.85. The number of likely N-dealkylation sites (N-methyl/N-ethyl adjacent to an activating group) is 1. The fourth-order valence-electron chi connectivity index (χ4n) is 2.33. The highest BCUT2D eigenvalue weighted by Crippen LogP contribution is 2.12. The summed E-state index contributed by atoms with van der Waals surface area (Å²) in [6.07, 6.45) is 0. The summed E-state index contributed by atoms with van der Waals surface area (Å²) in [7, 11) is 1.66. The van der Waals surface area contributed by atoms with Crippen molar-refractivity contribution in [3.63, 3.8) is 0 Å². The van der Waals surface area contributed by atoms with Crippen LogP contribution in [0, 0.1) is 11.3 Å². The van der Waals surface area contributed by atoms with Crippen molar-refractivity contribution in [2.75, 3.05) is 25.6 Å². The van der Waals surface area contributed by atoms with Crippen molar-refractivity contribution < 1.29 is 9.53 Å². The van der Waals surface area contributed by atoms with Crippen LogP contribution in [-0.4, -0.2) is 43.2 Å². The number of nitriles is 1. The van der Waals surface area contributed by atoms with Gasteiger partial charge < -0.3 is 10.1 Å². The smallest absolute Gasteiger partial charge is 0.241 e. The molecule has 1 aromatic rings. The number of ether oxygens (including phenoxy) is 1. The van der Waals surface area contributed by atoms with E-state index in [4.69, 9.17) is 10.00 Å². The Morgan fingerprint density at radius 1 is 1.38 bits per heavy atom. The van der Waals surface area contributed by atoms with Gasteiger partial charge in [0.05, 0.1) is 24.3 Å². The van der Waals surface area contributed by atoms with Crippen molar-refractivity contribution in [2.45, 2.75) is 32.9 Å². The van der Waals surface area contributed by atoms with E-state index in [2.05, 4.69) is 16.3 Å². The second-order valence-corrected chi connectivity index (χ2v) is 4.99. The van der Waals surface area contributed by atoms with E-state index in [1.807, 2.05) is 20.8 Å². The first-order valence-corrected chi connectivity index (χ1v) is 7.09. The molecule has 21 heavy (non-hydrogen) atoms. The quantitative estimate of drug-likeness (QED) is 0.836. The van der Waals surface area contributed by atoms with Crippen LogP contribution in [0.3, 0.4) is 0 Å². The lowest BCUT2D eigenvalue weighted by Crippen LogP contribution is -2.48. The maximum Gasteiger partial charge on any atom is 0.241 e. The van der Waals surface area contributed by atoms with Crippen LogP contribution in [0.25, 0.3) is 0 Å². The molecular weight excluding hydrogens is 266 g/mol. The lowest BCUT2D eigenvalue weighted by atomic mass is 10.1. The van der Waals surface area contributed by atoms with Gasteiger partial charge >= 0.3 is 0 Å². The van der Waals surface area contributed by atoms with Crippen LogP contribution in [0.1, 0.15) is 26.3 Å². The maximum absolute atomic E-state index is 12.3. The van der Waals surface area contributed by atoms with Gasteiger partial charge in [0.15, 0.2) is 0 Å². The summed E-state index contributed by atoms with van der Waals surface area (Å²) in [4.78, 5) is 14.4. The largest absolute Gasteiger partial charge is 0.383 e. The monoisotopic (exact) mass is 289 g/mol. The molecule has 0 aromatic heterocycles. The Kier molecular flexibility index (Phi) is 6.86. The zero-order chi connectivity index (χ0) is 15.8. The predicted octanol–water partition coefficient (Wildman–Crippen LogP) is 2.24. The van der Waals surface area contributed by atoms with Gasteiger partial charge in [-0.3, -0.25) is 9.69 Å². The standard InChI is InChI=1S/C16H23N3O2/c1-5-19(12(2)11-21-4)13(3)16(20)18-15-8-6-14(10-17)7-9-15/h6-9,12-13H,5,11H2,1-4H3,(H,18,20). The molecular formula is C16H23N3O2. The van der Waals surface area contributed by atoms with Gasteiger partial charge in [0, 0.05) is 18.8 Å². The Bertz CT molecular complexity index is 493. The Hall–Kier alpha value is -1.90. The molecule has 0 heterocycles. The third-order valence-corrected chi connectivity index (χ3v) is 3.50. The number of amides is 1. The van der Waals surface area contributed by atoms with Crippen LogP contribution in [0.4, 0.5) is 5.69 Å². The molecule has 1 N–H and O–H groups in total. The Labute approximate surface area is 126 Å². The molecule has 0 radical (unpaired) electrons. The molecule has 1 rings (SSSR count). The van der Waals surface area contributed by atoms with Gasteiger partial charge in [-0.25, -0.2) is 0 Å². The summed E-state index contributed by atoms with van der Waals surface area (Å²) < 4.78 is 5.16. The van der Waals surface area contributed by atoms with Crippen molar-refractivity contribution >= 4 is 11.6 Å². The van der Waals surface area contributed by atoms with E-state index in [0.29, 0.717) is 17.9 Å². The summed E-state index contributed by atoms with van der Waals surface area (Å²) >= 11 is 0. The number of methoxy groups -OCH3 is 1. The number of hydrogen-bond acceptors (Lipinski definition) is 4. The highest BCUT2D eigenvalue weighted by Gasteiger charge is 2.24. The highest BCUT2D eigenvalue weighted by atomic mass is 16.5. The first-order valence-electron chi connectivity index (χ1n) is 7.09. The average Bonchev–Trinajstić information content (AvgIpc) is 2.48. The van der Waals surface area contributed by atoms with E-state index < -0.39 is 0 Å². The molecule has 0 saturated heterocycles. The zero-order valence-corrected chi connectivity index (χ0v) is 13.1. The minimum atomic E-state index is -0.254. The zero-order valence-electron chi connectivity index (χ0n) is 13.1. The normalized spacial score (nSPS) is 13.5. The second kappa shape index (κ2) is 8.40. The Balaban J connectivity index is 2.70. The number of carbonyl (C=O) groups is 1. The minimum Gasteiger partial charge on any atom is -0.383 e. The molecule has 114 valence electrons. The molecule has 1 amide bonds. The van der Waals surface area contributed by atoms with E-state index in [-0.39, 0.29) is 18.0 Å². The summed E-state index contributed by atoms with van der Waals surface area (Å²) in [6, 6.07) is 8.81. The number of nitrogens with one attached hydrogen (secondary N) is 1. The third-order valence-electron chi connectivity index (χ3n) is 3.50. The molecule has 0 fully saturated rings. The van der Waals surface area contributed by atoms with Crippen molar-refractivity contribution in [1.29, 1.82) is 5.26 Å². The van der Waals surface area contributed by atoms with E-state index in [1.165, 1.54) is 0 Å². The van der Waals surface area contributed by atoms with Crippen LogP contribution in [0.5, 0.6) is 0 Å². The first kappa shape index (κ1) is 17.2. The number of rotatable bonds is 7. The van der Waals surface area contributed by atoms with Gasteiger partial charge in [-0.2, -0.15) is 5.26 Å². The van der Waals surface area contributed by atoms with E-state index in [9.17, 15) is 4.79 Å². The molecule has 5 heteroatoms. The van der Waals surface area contributed by atoms with Gasteiger partial charge in [0.25, 0.3) is 0 Å². The molecule has 0 aliphatic carbocycles. The first-order chi connectivity index (χ1) is 10.0. The summed E-state index contributed by atoms with van der Waals surface area (Å²) in [5.74, 6) is -0.0653. The average molecular weight is 289 g/mol. The minimum absolute atomic E-state index is 0.0653. The Morgan fingerprint density at radius 2 is 2.00 bits per heavy atom. The molecule has 1 aromatic carbocycles. The molecule has 0 spiro atoms. The molecule has 2 unspecified atom stereocenters. The van der Waals surface area contributed by atoms with Gasteiger partial charge in [-0.05, 0) is 44.7 Å². The predicted molar refractivity (Wildman–Crippen MR) is 83.0 cm³/mol. The van der Waals surface area contributed by atoms with Crippen molar-refractivity contribution in [1.82, 2.24) is 4.90 Å². The van der Waals surface area contributed by atoms with Crippen LogP contribution in [0.15, 0.2) is 24.3 Å². The second-order valence-electron chi connectivity index (χ2n) is 4.99. The van der Waals surface area contributed by atoms with E-state index >= 15 is 0 Å². The van der Waals surface area contributed by atoms with Gasteiger partial charge in [-0.15, -0.1) is 0 Å². The molecule has 5 nitrogen and oxygen atoms in total. The molecule has 0 aliphatic rings. The van der Waals surface area contributed by atoms with Crippen molar-refractivity contribution in [2.24, 2.45) is 0 Å². The molecule has 0 saturated carbocycles. The number of carbonyl (C=O) groups excluding carboxylic acids is 1. The van der Waals surface area contributed by atoms with E-state index in [0.717, 1.165) is 6.54 Å². The topological polar surface area (TPSA) is 65.4 Å². The maximum atomic E-state index is 12.3. The van der Waals surface area contributed by atoms with Crippen LogP contribution in [-0.2, 0) is 9.53 Å². The van der Waals surface area contributed by atoms with Crippen molar-refractivity contribution in [3.05, 3.63) is 29.8 Å². The van der Waals surface area contributed by atoms with Gasteiger partial charge in [-0.1, -0.05) is 6.92 Å². The van der Waals surface area contributed by atoms with Crippen LogP contribution < -0.4 is 5.32 Å². The van der Waals surface area contributed by atoms with Crippen molar-refractivity contribution in [3.8, 4) is 6.07 Å². The number of benzene rings is 1. The number of nitrogens with zero attached hydrogens (tertiary/aromatic N) is 2. The summed E-state index contributed by atoms with van der Waals surface area (Å²) in [6.45, 7) is 7.31. The van der Waals surface area contributed by atoms with Gasteiger partial charge in [0.1, 0.15) is 0 Å². The molecule has 0 aliphatic heterocycles. The number of anilines is 1. The Morgan fingerprint density at radius 3 is 2.48 bits per heavy atom. The summed E-state index contributed by atoms with van der Waals surface area (Å²) in [5, 5.41) is 11.6. The van der Waals surface area contributed by atoms with Gasteiger partial charge in [0.2, 0.25) is 5.91 Å².